The maximum absolute atomic E-state index is 13.4. The molecule has 0 fully saturated rings. The maximum atomic E-state index is 13.4. The van der Waals surface area contributed by atoms with Crippen LogP contribution in [0.15, 0.2) is 146 Å². The molecule has 0 saturated carbocycles. The van der Waals surface area contributed by atoms with Crippen LogP contribution in [-0.4, -0.2) is 91.1 Å². The summed E-state index contributed by atoms with van der Waals surface area (Å²) in [6.07, 6.45) is 3.35. The van der Waals surface area contributed by atoms with Gasteiger partial charge in [-0.15, -0.1) is 10.2 Å². The molecule has 0 aliphatic heterocycles. The van der Waals surface area contributed by atoms with Crippen LogP contribution in [0.25, 0.3) is 11.4 Å². The number of carbonyl (C=O) groups is 6. The molecule has 9 rings (SSSR count). The highest BCUT2D eigenvalue weighted by Crippen LogP contribution is 2.20. The molecule has 0 aliphatic rings. The molecule has 24 nitrogen and oxygen atoms in total. The van der Waals surface area contributed by atoms with Gasteiger partial charge in [0, 0.05) is 36.9 Å². The van der Waals surface area contributed by atoms with Crippen molar-refractivity contribution < 1.29 is 42.7 Å². The lowest BCUT2D eigenvalue weighted by atomic mass is 10.1. The number of tetrazole rings is 1. The van der Waals surface area contributed by atoms with Crippen LogP contribution in [0.2, 0.25) is 0 Å². The van der Waals surface area contributed by atoms with Gasteiger partial charge in [-0.05, 0) is 115 Å². The Hall–Kier alpha value is -11.9. The Bertz CT molecular complexity index is 4030. The van der Waals surface area contributed by atoms with Crippen molar-refractivity contribution in [3.63, 3.8) is 0 Å². The minimum Gasteiger partial charge on any atom is -0.477 e. The molecule has 0 aliphatic carbocycles. The molecule has 4 aromatic heterocycles. The lowest BCUT2D eigenvalue weighted by Gasteiger charge is -2.14. The van der Waals surface area contributed by atoms with Crippen LogP contribution in [0.3, 0.4) is 0 Å². The van der Waals surface area contributed by atoms with Crippen LogP contribution < -0.4 is 26.6 Å². The van der Waals surface area contributed by atoms with Crippen LogP contribution in [0, 0.1) is 48.1 Å². The third kappa shape index (κ3) is 17.8. The summed E-state index contributed by atoms with van der Waals surface area (Å²) in [6, 6.07) is 37.1. The number of hydrogen-bond donors (Lipinski definition) is 7. The number of benzene rings is 5. The molecular weight excluding hydrogens is 1120 g/mol. The van der Waals surface area contributed by atoms with E-state index in [9.17, 15) is 37.5 Å². The molecule has 7 N–H and O–H groups in total. The van der Waals surface area contributed by atoms with Gasteiger partial charge in [-0.3, -0.25) is 24.0 Å². The van der Waals surface area contributed by atoms with Gasteiger partial charge in [0.25, 0.3) is 29.5 Å². The zero-order valence-electron chi connectivity index (χ0n) is 47.1. The quantitative estimate of drug-likeness (QED) is 0.0471. The number of amides is 5. The molecule has 438 valence electrons. The fraction of sp³-hybridized carbons (Fsp3) is 0.164. The monoisotopic (exact) mass is 1170 g/mol. The Morgan fingerprint density at radius 1 is 0.494 bits per heavy atom. The molecule has 5 aromatic carbocycles. The highest BCUT2D eigenvalue weighted by molar-refractivity contribution is 5.98. The van der Waals surface area contributed by atoms with E-state index >= 15 is 0 Å². The smallest absolute Gasteiger partial charge is 0.354 e. The highest BCUT2D eigenvalue weighted by Gasteiger charge is 2.20. The van der Waals surface area contributed by atoms with Gasteiger partial charge in [-0.1, -0.05) is 72.8 Å². The van der Waals surface area contributed by atoms with Crippen molar-refractivity contribution in [3.05, 3.63) is 242 Å². The van der Waals surface area contributed by atoms with Crippen molar-refractivity contribution in [1.82, 2.24) is 77.1 Å². The molecule has 5 amide bonds. The Balaban J connectivity index is 0.000000191. The number of aryl methyl sites for hydroxylation is 2. The molecule has 26 heteroatoms. The Morgan fingerprint density at radius 2 is 0.839 bits per heavy atom. The summed E-state index contributed by atoms with van der Waals surface area (Å²) in [4.78, 5) is 96.2. The number of hydrogen-bond acceptors (Lipinski definition) is 17. The number of aromatic carboxylic acids is 1. The number of carboxylic acid groups (broad SMARTS) is 1. The number of rotatable bonds is 17. The fourth-order valence-electron chi connectivity index (χ4n) is 7.95. The number of nitrogens with zero attached hydrogens (tertiary/aromatic N) is 11. The van der Waals surface area contributed by atoms with Crippen LogP contribution in [0.1, 0.15) is 152 Å². The predicted octanol–water partition coefficient (Wildman–Crippen LogP) is 7.28. The van der Waals surface area contributed by atoms with Crippen LogP contribution in [0.5, 0.6) is 0 Å². The fourth-order valence-corrected chi connectivity index (χ4v) is 7.95. The van der Waals surface area contributed by atoms with Crippen molar-refractivity contribution in [2.75, 3.05) is 0 Å². The van der Waals surface area contributed by atoms with Crippen LogP contribution in [0.4, 0.5) is 8.78 Å². The summed E-state index contributed by atoms with van der Waals surface area (Å²) in [5.41, 5.74) is 6.79. The largest absolute Gasteiger partial charge is 0.477 e. The summed E-state index contributed by atoms with van der Waals surface area (Å²) in [5, 5.41) is 54.1. The Morgan fingerprint density at radius 3 is 1.17 bits per heavy atom. The van der Waals surface area contributed by atoms with Crippen LogP contribution in [-0.2, 0) is 13.1 Å². The summed E-state index contributed by atoms with van der Waals surface area (Å²) in [5.74, 6) is -3.71. The molecule has 3 atom stereocenters. The van der Waals surface area contributed by atoms with Gasteiger partial charge in [0.2, 0.25) is 5.82 Å². The van der Waals surface area contributed by atoms with Crippen molar-refractivity contribution in [3.8, 4) is 23.5 Å². The van der Waals surface area contributed by atoms with Crippen LogP contribution >= 0.6 is 0 Å². The number of carboxylic acids is 1. The van der Waals surface area contributed by atoms with E-state index in [-0.39, 0.29) is 77.0 Å². The lowest BCUT2D eigenvalue weighted by molar-refractivity contribution is 0.0689. The topological polar surface area (TPSA) is 362 Å². The normalized spacial score (nSPS) is 11.4. The van der Waals surface area contributed by atoms with E-state index in [4.69, 9.17) is 15.6 Å². The van der Waals surface area contributed by atoms with E-state index in [2.05, 4.69) is 77.1 Å². The third-order valence-corrected chi connectivity index (χ3v) is 12.9. The molecule has 0 spiro atoms. The minimum absolute atomic E-state index is 0.0205. The molecule has 9 aromatic rings. The molecule has 0 saturated heterocycles. The number of aromatic nitrogens is 10. The standard InChI is InChI=1S/C23H21FN8O2.C23H20FN5O2.C15H12N4O3/c1-13-9-15(3-8-18(13)24)11-25-22(33)19-10-20(27-12-26-19)23(34)28-14(2)16-4-6-17(7-5-16)21-29-31-32-30-21;1-14-9-17(5-8-19(14)24)12-26-22(30)20-10-21(28-13-27-20)23(31)29-15(2)18-6-3-16(11-25)4-7-18;1-9(11-4-2-10(7-16)3-5-11)19-14(20)12-6-13(15(21)22)18-8-17-12/h3-10,12,14H,11H2,1-2H3,(H,25,33)(H,28,34)(H,29,30,31,32);3-10,13,15H,12H2,1-2H3,(H,26,30)(H,29,31);2-6,8-9H,1H3,(H,19,20)(H,21,22)/t14-;15-;9-/m000/s1. The second kappa shape index (κ2) is 29.9. The van der Waals surface area contributed by atoms with Gasteiger partial charge in [0.1, 0.15) is 59.1 Å². The van der Waals surface area contributed by atoms with Gasteiger partial charge in [-0.25, -0.2) is 43.5 Å². The van der Waals surface area contributed by atoms with E-state index in [1.807, 2.05) is 43.3 Å². The zero-order valence-corrected chi connectivity index (χ0v) is 47.1. The number of aromatic amines is 1. The second-order valence-corrected chi connectivity index (χ2v) is 19.1. The summed E-state index contributed by atoms with van der Waals surface area (Å²) in [6.45, 7) is 9.11. The number of nitriles is 2. The zero-order chi connectivity index (χ0) is 62.6. The number of nitrogens with one attached hydrogen (secondary N) is 6. The van der Waals surface area contributed by atoms with Crippen molar-refractivity contribution in [1.29, 1.82) is 10.5 Å². The first kappa shape index (κ1) is 62.7. The van der Waals surface area contributed by atoms with E-state index in [1.165, 1.54) is 24.3 Å². The first-order chi connectivity index (χ1) is 41.8. The molecule has 0 unspecified atom stereocenters. The average molecular weight is 1170 g/mol. The van der Waals surface area contributed by atoms with Gasteiger partial charge in [0.15, 0.2) is 5.69 Å². The van der Waals surface area contributed by atoms with Crippen molar-refractivity contribution >= 4 is 35.5 Å². The second-order valence-electron chi connectivity index (χ2n) is 19.1. The Labute approximate surface area is 495 Å². The minimum atomic E-state index is -1.23. The van der Waals surface area contributed by atoms with E-state index < -0.39 is 35.5 Å². The van der Waals surface area contributed by atoms with Gasteiger partial charge < -0.3 is 31.7 Å². The summed E-state index contributed by atoms with van der Waals surface area (Å²) < 4.78 is 26.8. The molecule has 0 radical (unpaired) electrons. The summed E-state index contributed by atoms with van der Waals surface area (Å²) in [7, 11) is 0. The number of halogens is 2. The van der Waals surface area contributed by atoms with E-state index in [1.54, 1.807) is 100 Å². The van der Waals surface area contributed by atoms with E-state index in [0.717, 1.165) is 58.4 Å². The molecule has 87 heavy (non-hydrogen) atoms. The summed E-state index contributed by atoms with van der Waals surface area (Å²) >= 11 is 0. The first-order valence-corrected chi connectivity index (χ1v) is 26.3. The van der Waals surface area contributed by atoms with Crippen molar-refractivity contribution in [2.45, 2.75) is 65.8 Å². The predicted molar refractivity (Wildman–Crippen MR) is 307 cm³/mol. The average Bonchev–Trinajstić information content (AvgIpc) is 4.15. The molecule has 4 heterocycles. The molecule has 0 bridgehead atoms. The van der Waals surface area contributed by atoms with Gasteiger partial charge >= 0.3 is 5.97 Å². The molecular formula is C61H53F2N17O7. The van der Waals surface area contributed by atoms with Crippen molar-refractivity contribution in [2.24, 2.45) is 0 Å². The van der Waals surface area contributed by atoms with Gasteiger partial charge in [-0.2, -0.15) is 15.7 Å². The maximum Gasteiger partial charge on any atom is 0.354 e. The number of carbonyl (C=O) groups excluding carboxylic acids is 5. The number of H-pyrrole nitrogens is 1. The van der Waals surface area contributed by atoms with E-state index in [0.29, 0.717) is 28.1 Å². The third-order valence-electron chi connectivity index (χ3n) is 12.9. The van der Waals surface area contributed by atoms with Gasteiger partial charge in [0.05, 0.1) is 41.4 Å². The first-order valence-electron chi connectivity index (χ1n) is 26.3. The lowest BCUT2D eigenvalue weighted by Crippen LogP contribution is -2.29. The highest BCUT2D eigenvalue weighted by atomic mass is 19.1. The SMILES string of the molecule is C[C@H](NC(=O)c1cc(C(=O)O)ncn1)c1ccc(C#N)cc1.Cc1cc(CNC(=O)c2cc(C(=O)N[C@@H](C)c3ccc(-c4nn[nH]n4)cc3)ncn2)ccc1F.Cc1cc(CNC(=O)c2cc(C(=O)N[C@@H](C)c3ccc(C#N)cc3)ncn2)ccc1F. The Kier molecular flexibility index (Phi) is 21.5.